The highest BCUT2D eigenvalue weighted by molar-refractivity contribution is 5.69. The SMILES string of the molecule is N#Cc1ccc(-c2ccc(-n3ncc(CN4CCOCC4)c3-c3ccccc3F)cc2)cc1. The second kappa shape index (κ2) is 9.37. The van der Waals surface area contributed by atoms with Gasteiger partial charge in [0.05, 0.1) is 42.4 Å². The molecule has 0 amide bonds. The smallest absolute Gasteiger partial charge is 0.132 e. The van der Waals surface area contributed by atoms with Gasteiger partial charge in [0.15, 0.2) is 0 Å². The predicted molar refractivity (Wildman–Crippen MR) is 125 cm³/mol. The van der Waals surface area contributed by atoms with Crippen LogP contribution in [0, 0.1) is 17.1 Å². The van der Waals surface area contributed by atoms with Crippen molar-refractivity contribution in [3.63, 3.8) is 0 Å². The van der Waals surface area contributed by atoms with Crippen LogP contribution in [0.3, 0.4) is 0 Å². The molecule has 6 heteroatoms. The number of aromatic nitrogens is 2. The minimum Gasteiger partial charge on any atom is -0.379 e. The third kappa shape index (κ3) is 4.42. The molecule has 1 saturated heterocycles. The molecule has 0 unspecified atom stereocenters. The van der Waals surface area contributed by atoms with Crippen molar-refractivity contribution < 1.29 is 9.13 Å². The number of hydrogen-bond donors (Lipinski definition) is 0. The largest absolute Gasteiger partial charge is 0.379 e. The summed E-state index contributed by atoms with van der Waals surface area (Å²) in [5.41, 5.74) is 5.85. The van der Waals surface area contributed by atoms with Crippen molar-refractivity contribution in [3.05, 3.63) is 95.9 Å². The lowest BCUT2D eigenvalue weighted by atomic mass is 10.0. The molecule has 0 radical (unpaired) electrons. The third-order valence-electron chi connectivity index (χ3n) is 5.93. The molecule has 2 heterocycles. The lowest BCUT2D eigenvalue weighted by Crippen LogP contribution is -2.35. The van der Waals surface area contributed by atoms with E-state index in [-0.39, 0.29) is 5.82 Å². The first kappa shape index (κ1) is 21.1. The van der Waals surface area contributed by atoms with Gasteiger partial charge in [0.1, 0.15) is 5.82 Å². The summed E-state index contributed by atoms with van der Waals surface area (Å²) >= 11 is 0. The maximum Gasteiger partial charge on any atom is 0.132 e. The van der Waals surface area contributed by atoms with Crippen molar-refractivity contribution in [1.29, 1.82) is 5.26 Å². The summed E-state index contributed by atoms with van der Waals surface area (Å²) in [6.07, 6.45) is 1.84. The molecule has 1 aromatic heterocycles. The normalized spacial score (nSPS) is 14.2. The van der Waals surface area contributed by atoms with Crippen molar-refractivity contribution in [3.8, 4) is 34.1 Å². The summed E-state index contributed by atoms with van der Waals surface area (Å²) < 4.78 is 22.1. The van der Waals surface area contributed by atoms with Crippen LogP contribution in [0.2, 0.25) is 0 Å². The highest BCUT2D eigenvalue weighted by Gasteiger charge is 2.20. The van der Waals surface area contributed by atoms with E-state index in [9.17, 15) is 4.39 Å². The van der Waals surface area contributed by atoms with E-state index >= 15 is 0 Å². The molecule has 1 aliphatic heterocycles. The minimum absolute atomic E-state index is 0.267. The van der Waals surface area contributed by atoms with Crippen LogP contribution < -0.4 is 0 Å². The van der Waals surface area contributed by atoms with E-state index in [1.807, 2.05) is 65.5 Å². The van der Waals surface area contributed by atoms with Gasteiger partial charge in [-0.05, 0) is 47.5 Å². The fraction of sp³-hybridized carbons (Fsp3) is 0.185. The van der Waals surface area contributed by atoms with Gasteiger partial charge in [-0.15, -0.1) is 0 Å². The fourth-order valence-corrected chi connectivity index (χ4v) is 4.17. The van der Waals surface area contributed by atoms with Gasteiger partial charge >= 0.3 is 0 Å². The van der Waals surface area contributed by atoms with Gasteiger partial charge in [-0.1, -0.05) is 36.4 Å². The van der Waals surface area contributed by atoms with E-state index in [0.29, 0.717) is 30.9 Å². The maximum absolute atomic E-state index is 14.9. The Morgan fingerprint density at radius 1 is 0.909 bits per heavy atom. The van der Waals surface area contributed by atoms with Gasteiger partial charge in [0.2, 0.25) is 0 Å². The third-order valence-corrected chi connectivity index (χ3v) is 5.93. The Morgan fingerprint density at radius 3 is 2.24 bits per heavy atom. The van der Waals surface area contributed by atoms with E-state index in [1.54, 1.807) is 12.1 Å². The highest BCUT2D eigenvalue weighted by atomic mass is 19.1. The van der Waals surface area contributed by atoms with Gasteiger partial charge in [-0.2, -0.15) is 10.4 Å². The number of morpholine rings is 1. The molecule has 0 N–H and O–H groups in total. The second-order valence-corrected chi connectivity index (χ2v) is 8.03. The highest BCUT2D eigenvalue weighted by Crippen LogP contribution is 2.31. The first-order valence-corrected chi connectivity index (χ1v) is 11.0. The van der Waals surface area contributed by atoms with Crippen LogP contribution in [0.5, 0.6) is 0 Å². The van der Waals surface area contributed by atoms with Crippen molar-refractivity contribution >= 4 is 0 Å². The van der Waals surface area contributed by atoms with Crippen LogP contribution in [-0.4, -0.2) is 41.0 Å². The van der Waals surface area contributed by atoms with E-state index in [4.69, 9.17) is 10.00 Å². The molecular weight excluding hydrogens is 415 g/mol. The van der Waals surface area contributed by atoms with E-state index in [1.165, 1.54) is 6.07 Å². The zero-order valence-corrected chi connectivity index (χ0v) is 18.1. The van der Waals surface area contributed by atoms with Crippen LogP contribution in [0.4, 0.5) is 4.39 Å². The van der Waals surface area contributed by atoms with Gasteiger partial charge in [-0.3, -0.25) is 4.90 Å². The molecule has 1 fully saturated rings. The number of hydrogen-bond acceptors (Lipinski definition) is 4. The van der Waals surface area contributed by atoms with E-state index in [0.717, 1.165) is 41.2 Å². The monoisotopic (exact) mass is 438 g/mol. The van der Waals surface area contributed by atoms with Crippen LogP contribution in [0.25, 0.3) is 28.1 Å². The van der Waals surface area contributed by atoms with Crippen molar-refractivity contribution in [2.45, 2.75) is 6.54 Å². The van der Waals surface area contributed by atoms with Gasteiger partial charge in [-0.25, -0.2) is 9.07 Å². The van der Waals surface area contributed by atoms with Crippen LogP contribution in [-0.2, 0) is 11.3 Å². The molecule has 4 aromatic rings. The molecule has 0 bridgehead atoms. The molecular formula is C27H23FN4O. The number of halogens is 1. The summed E-state index contributed by atoms with van der Waals surface area (Å²) in [4.78, 5) is 2.31. The molecule has 0 saturated carbocycles. The number of benzene rings is 3. The summed E-state index contributed by atoms with van der Waals surface area (Å²) in [6.45, 7) is 3.80. The maximum atomic E-state index is 14.9. The Morgan fingerprint density at radius 2 is 1.58 bits per heavy atom. The molecule has 0 atom stereocenters. The van der Waals surface area contributed by atoms with Crippen molar-refractivity contribution in [2.24, 2.45) is 0 Å². The molecule has 5 rings (SSSR count). The molecule has 0 aliphatic carbocycles. The van der Waals surface area contributed by atoms with Crippen LogP contribution in [0.15, 0.2) is 79.0 Å². The number of rotatable bonds is 5. The molecule has 5 nitrogen and oxygen atoms in total. The lowest BCUT2D eigenvalue weighted by molar-refractivity contribution is 0.0342. The van der Waals surface area contributed by atoms with Gasteiger partial charge in [0, 0.05) is 30.8 Å². The summed E-state index contributed by atoms with van der Waals surface area (Å²) in [7, 11) is 0. The quantitative estimate of drug-likeness (QED) is 0.438. The average Bonchev–Trinajstić information content (AvgIpc) is 3.28. The lowest BCUT2D eigenvalue weighted by Gasteiger charge is -2.26. The van der Waals surface area contributed by atoms with Crippen molar-refractivity contribution in [2.75, 3.05) is 26.3 Å². The number of nitrogens with zero attached hydrogens (tertiary/aromatic N) is 4. The Labute approximate surface area is 192 Å². The number of ether oxygens (including phenoxy) is 1. The molecule has 0 spiro atoms. The summed E-state index contributed by atoms with van der Waals surface area (Å²) in [6, 6.07) is 24.5. The second-order valence-electron chi connectivity index (χ2n) is 8.03. The Bertz CT molecular complexity index is 1280. The van der Waals surface area contributed by atoms with Gasteiger partial charge < -0.3 is 4.74 Å². The minimum atomic E-state index is -0.267. The summed E-state index contributed by atoms with van der Waals surface area (Å²) in [5.74, 6) is -0.267. The molecule has 1 aliphatic rings. The Balaban J connectivity index is 1.52. The Kier molecular flexibility index (Phi) is 5.99. The van der Waals surface area contributed by atoms with E-state index < -0.39 is 0 Å². The molecule has 3 aromatic carbocycles. The topological polar surface area (TPSA) is 54.1 Å². The summed E-state index contributed by atoms with van der Waals surface area (Å²) in [5, 5.41) is 13.7. The zero-order valence-electron chi connectivity index (χ0n) is 18.1. The average molecular weight is 439 g/mol. The molecule has 164 valence electrons. The standard InChI is InChI=1S/C27H23FN4O/c28-26-4-2-1-3-25(26)27-23(19-31-13-15-33-16-14-31)18-30-32(27)24-11-9-22(10-12-24)21-7-5-20(17-29)6-8-21/h1-12,18H,13-16,19H2. The van der Waals surface area contributed by atoms with Crippen LogP contribution in [0.1, 0.15) is 11.1 Å². The van der Waals surface area contributed by atoms with Gasteiger partial charge in [0.25, 0.3) is 0 Å². The predicted octanol–water partition coefficient (Wildman–Crippen LogP) is 5.05. The van der Waals surface area contributed by atoms with Crippen molar-refractivity contribution in [1.82, 2.24) is 14.7 Å². The van der Waals surface area contributed by atoms with E-state index in [2.05, 4.69) is 16.1 Å². The zero-order chi connectivity index (χ0) is 22.6. The molecule has 33 heavy (non-hydrogen) atoms. The number of nitriles is 1. The Hall–Kier alpha value is -3.79. The first-order valence-electron chi connectivity index (χ1n) is 11.0. The fourth-order valence-electron chi connectivity index (χ4n) is 4.17. The first-order chi connectivity index (χ1) is 16.2. The van der Waals surface area contributed by atoms with Crippen LogP contribution >= 0.6 is 0 Å².